The van der Waals surface area contributed by atoms with Crippen molar-refractivity contribution in [3.8, 4) is 0 Å². The molecular weight excluding hydrogens is 211 g/mol. The molecule has 0 aliphatic carbocycles. The van der Waals surface area contributed by atoms with Crippen molar-refractivity contribution < 1.29 is 25.9 Å². The summed E-state index contributed by atoms with van der Waals surface area (Å²) in [7, 11) is 0. The second-order valence-corrected chi connectivity index (χ2v) is 2.43. The fraction of sp³-hybridized carbons (Fsp3) is 0.857. The summed E-state index contributed by atoms with van der Waals surface area (Å²) in [6, 6.07) is 0. The third-order valence-electron chi connectivity index (χ3n) is 1.93. The molecule has 0 saturated heterocycles. The summed E-state index contributed by atoms with van der Waals surface area (Å²) in [4.78, 5) is 1.75. The van der Waals surface area contributed by atoms with Gasteiger partial charge in [-0.25, -0.2) is 9.48 Å². The Bertz CT molecular complexity index is 159. The number of halogens is 2. The van der Waals surface area contributed by atoms with Crippen LogP contribution >= 0.6 is 0 Å². The zero-order valence-corrected chi connectivity index (χ0v) is 8.56. The second kappa shape index (κ2) is 4.70. The molecule has 11 heavy (non-hydrogen) atoms. The Morgan fingerprint density at radius 1 is 1.55 bits per heavy atom. The quantitative estimate of drug-likeness (QED) is 0.378. The number of nitrogens with zero attached hydrogens (tertiary/aromatic N) is 2. The Kier molecular flexibility index (Phi) is 4.65. The number of amidine groups is 1. The normalized spacial score (nSPS) is 17.2. The highest BCUT2D eigenvalue weighted by molar-refractivity contribution is 5.68. The highest BCUT2D eigenvalue weighted by atomic mass is 79.9. The van der Waals surface area contributed by atoms with E-state index in [2.05, 4.69) is 0 Å². The predicted octanol–water partition coefficient (Wildman–Crippen LogP) is -2.32. The van der Waals surface area contributed by atoms with Gasteiger partial charge in [-0.05, 0) is 13.8 Å². The summed E-state index contributed by atoms with van der Waals surface area (Å²) in [5, 5.41) is 0. The maximum Gasteiger partial charge on any atom is 0.436 e. The lowest BCUT2D eigenvalue weighted by Gasteiger charge is -2.01. The molecule has 0 spiro atoms. The van der Waals surface area contributed by atoms with E-state index in [-0.39, 0.29) is 23.1 Å². The van der Waals surface area contributed by atoms with Crippen molar-refractivity contribution in [2.45, 2.75) is 13.8 Å². The van der Waals surface area contributed by atoms with Crippen molar-refractivity contribution in [2.75, 3.05) is 26.2 Å². The van der Waals surface area contributed by atoms with E-state index in [0.717, 1.165) is 26.2 Å². The minimum atomic E-state index is -0.0509. The monoisotopic (exact) mass is 224 g/mol. The number of hydrogen-bond donors (Lipinski definition) is 0. The van der Waals surface area contributed by atoms with E-state index in [1.807, 2.05) is 13.8 Å². The lowest BCUT2D eigenvalue weighted by Crippen LogP contribution is -3.00. The molecule has 0 fully saturated rings. The van der Waals surface area contributed by atoms with E-state index < -0.39 is 0 Å². The van der Waals surface area contributed by atoms with Crippen molar-refractivity contribution in [1.82, 2.24) is 4.90 Å². The lowest BCUT2D eigenvalue weighted by molar-refractivity contribution is -0.519. The molecule has 1 heterocycles. The summed E-state index contributed by atoms with van der Waals surface area (Å²) in [6.45, 7) is 7.19. The fourth-order valence-electron chi connectivity index (χ4n) is 1.20. The Balaban J connectivity index is 0.000001000. The van der Waals surface area contributed by atoms with Crippen LogP contribution in [0.5, 0.6) is 0 Å². The van der Waals surface area contributed by atoms with E-state index in [1.54, 1.807) is 9.48 Å². The lowest BCUT2D eigenvalue weighted by atomic mass is 10.5. The van der Waals surface area contributed by atoms with Crippen molar-refractivity contribution in [1.29, 1.82) is 0 Å². The standard InChI is InChI=1S/C7H14FN2.BrH/c1-3-9-5-6-10(4-2)7(9)8;/h3-6H2,1-2H3;1H/q+1;/p-1. The van der Waals surface area contributed by atoms with Gasteiger partial charge in [-0.3, -0.25) is 0 Å². The summed E-state index contributed by atoms with van der Waals surface area (Å²) < 4.78 is 14.8. The zero-order valence-electron chi connectivity index (χ0n) is 6.98. The van der Waals surface area contributed by atoms with Crippen LogP contribution in [0.1, 0.15) is 13.8 Å². The Hall–Kier alpha value is -0.120. The third kappa shape index (κ3) is 2.15. The molecule has 1 aliphatic heterocycles. The Morgan fingerprint density at radius 3 is 2.45 bits per heavy atom. The molecule has 1 aliphatic rings. The maximum absolute atomic E-state index is 13.0. The van der Waals surface area contributed by atoms with Crippen LogP contribution in [0.4, 0.5) is 4.39 Å². The van der Waals surface area contributed by atoms with Crippen molar-refractivity contribution in [3.63, 3.8) is 0 Å². The third-order valence-corrected chi connectivity index (χ3v) is 1.93. The summed E-state index contributed by atoms with van der Waals surface area (Å²) in [6.07, 6.45) is -0.0509. The summed E-state index contributed by atoms with van der Waals surface area (Å²) in [5.41, 5.74) is 0. The second-order valence-electron chi connectivity index (χ2n) is 2.43. The molecule has 0 unspecified atom stereocenters. The highest BCUT2D eigenvalue weighted by Gasteiger charge is 2.27. The van der Waals surface area contributed by atoms with Gasteiger partial charge in [-0.2, -0.15) is 0 Å². The van der Waals surface area contributed by atoms with Crippen LogP contribution in [0, 0.1) is 0 Å². The van der Waals surface area contributed by atoms with Gasteiger partial charge in [0, 0.05) is 0 Å². The van der Waals surface area contributed by atoms with Crippen molar-refractivity contribution in [2.24, 2.45) is 0 Å². The smallest absolute Gasteiger partial charge is 0.436 e. The van der Waals surface area contributed by atoms with E-state index in [0.29, 0.717) is 0 Å². The van der Waals surface area contributed by atoms with Gasteiger partial charge in [-0.15, -0.1) is 4.39 Å². The molecule has 0 N–H and O–H groups in total. The molecule has 4 heteroatoms. The van der Waals surface area contributed by atoms with Crippen LogP contribution < -0.4 is 17.0 Å². The first kappa shape index (κ1) is 10.9. The van der Waals surface area contributed by atoms with Crippen LogP contribution in [0.25, 0.3) is 0 Å². The molecule has 66 valence electrons. The van der Waals surface area contributed by atoms with Gasteiger partial charge in [0.25, 0.3) is 0 Å². The molecule has 0 atom stereocenters. The molecule has 0 amide bonds. The molecule has 2 nitrogen and oxygen atoms in total. The van der Waals surface area contributed by atoms with Crippen LogP contribution in [0.3, 0.4) is 0 Å². The van der Waals surface area contributed by atoms with Crippen molar-refractivity contribution >= 4 is 6.09 Å². The van der Waals surface area contributed by atoms with Gasteiger partial charge in [0.1, 0.15) is 13.1 Å². The molecule has 0 bridgehead atoms. The van der Waals surface area contributed by atoms with Gasteiger partial charge in [0.05, 0.1) is 13.1 Å². The van der Waals surface area contributed by atoms with E-state index in [9.17, 15) is 4.39 Å². The highest BCUT2D eigenvalue weighted by Crippen LogP contribution is 2.01. The average molecular weight is 225 g/mol. The van der Waals surface area contributed by atoms with E-state index >= 15 is 0 Å². The van der Waals surface area contributed by atoms with Gasteiger partial charge in [0.15, 0.2) is 0 Å². The molecular formula is C7H14BrFN2. The SMILES string of the molecule is CCN1CC[N+](CC)=C1F.[Br-]. The van der Waals surface area contributed by atoms with Gasteiger partial charge in [-0.1, -0.05) is 0 Å². The summed E-state index contributed by atoms with van der Waals surface area (Å²) >= 11 is 0. The maximum atomic E-state index is 13.0. The first-order valence-electron chi connectivity index (χ1n) is 3.82. The first-order valence-corrected chi connectivity index (χ1v) is 3.82. The predicted molar refractivity (Wildman–Crippen MR) is 39.0 cm³/mol. The fourth-order valence-corrected chi connectivity index (χ4v) is 1.20. The van der Waals surface area contributed by atoms with Crippen LogP contribution in [-0.2, 0) is 0 Å². The number of hydrogen-bond acceptors (Lipinski definition) is 1. The molecule has 0 aromatic heterocycles. The summed E-state index contributed by atoms with van der Waals surface area (Å²) in [5.74, 6) is 0. The number of likely N-dealkylation sites (N-methyl/N-ethyl adjacent to an activating group) is 2. The van der Waals surface area contributed by atoms with Crippen LogP contribution in [-0.4, -0.2) is 41.7 Å². The van der Waals surface area contributed by atoms with Crippen molar-refractivity contribution in [3.05, 3.63) is 0 Å². The van der Waals surface area contributed by atoms with Crippen LogP contribution in [0.2, 0.25) is 0 Å². The Labute approximate surface area is 77.5 Å². The molecule has 0 radical (unpaired) electrons. The van der Waals surface area contributed by atoms with Gasteiger partial charge < -0.3 is 17.0 Å². The molecule has 1 rings (SSSR count). The minimum Gasteiger partial charge on any atom is -1.00 e. The molecule has 0 aromatic carbocycles. The zero-order chi connectivity index (χ0) is 7.56. The largest absolute Gasteiger partial charge is 1.00 e. The average Bonchev–Trinajstić information content (AvgIpc) is 2.30. The molecule has 0 saturated carbocycles. The first-order chi connectivity index (χ1) is 4.79. The molecule has 0 aromatic rings. The number of rotatable bonds is 2. The Morgan fingerprint density at radius 2 is 2.18 bits per heavy atom. The van der Waals surface area contributed by atoms with Gasteiger partial charge in [0.2, 0.25) is 0 Å². The van der Waals surface area contributed by atoms with Gasteiger partial charge >= 0.3 is 6.09 Å². The topological polar surface area (TPSA) is 6.25 Å². The minimum absolute atomic E-state index is 0. The van der Waals surface area contributed by atoms with E-state index in [4.69, 9.17) is 0 Å². The van der Waals surface area contributed by atoms with Crippen LogP contribution in [0.15, 0.2) is 0 Å². The van der Waals surface area contributed by atoms with E-state index in [1.165, 1.54) is 0 Å².